The summed E-state index contributed by atoms with van der Waals surface area (Å²) < 4.78 is 17.0. The molecule has 0 aliphatic rings. The Balaban J connectivity index is 4.12. The zero-order chi connectivity index (χ0) is 57.1. The second-order valence-corrected chi connectivity index (χ2v) is 25.2. The van der Waals surface area contributed by atoms with E-state index in [-0.39, 0.29) is 31.1 Å². The topological polar surface area (TPSA) is 78.9 Å². The summed E-state index contributed by atoms with van der Waals surface area (Å²) in [5.74, 6) is -0.820. The van der Waals surface area contributed by atoms with E-state index >= 15 is 0 Å². The lowest BCUT2D eigenvalue weighted by Crippen LogP contribution is -2.30. The summed E-state index contributed by atoms with van der Waals surface area (Å²) >= 11 is 0. The molecule has 0 spiro atoms. The van der Waals surface area contributed by atoms with Gasteiger partial charge in [0.1, 0.15) is 13.2 Å². The summed E-state index contributed by atoms with van der Waals surface area (Å²) in [4.78, 5) is 38.4. The van der Waals surface area contributed by atoms with Crippen LogP contribution in [0.15, 0.2) is 0 Å². The number of hydrogen-bond donors (Lipinski definition) is 0. The van der Waals surface area contributed by atoms with Crippen molar-refractivity contribution in [3.63, 3.8) is 0 Å². The lowest BCUT2D eigenvalue weighted by atomic mass is 10.0. The molecule has 0 fully saturated rings. The maximum atomic E-state index is 12.9. The Morgan fingerprint density at radius 2 is 0.342 bits per heavy atom. The number of carbonyl (C=O) groups is 3. The summed E-state index contributed by atoms with van der Waals surface area (Å²) in [5.41, 5.74) is 0. The second kappa shape index (κ2) is 68.9. The molecule has 0 aliphatic heterocycles. The standard InChI is InChI=1S/C73H142O6/c1-4-7-10-13-16-19-22-25-28-30-31-32-33-34-35-36-37-38-39-40-41-42-44-45-48-51-54-57-60-63-66-72(75)78-69-70(68-77-71(74)65-62-59-56-53-50-47-27-24-21-18-15-12-9-6-3)79-73(76)67-64-61-58-55-52-49-46-43-29-26-23-20-17-14-11-8-5-2/h70H,4-69H2,1-3H3. The molecule has 0 saturated heterocycles. The number of rotatable bonds is 69. The number of unbranched alkanes of at least 4 members (excludes halogenated alkanes) is 58. The van der Waals surface area contributed by atoms with Gasteiger partial charge in [-0.15, -0.1) is 0 Å². The average Bonchev–Trinajstić information content (AvgIpc) is 3.45. The molecule has 1 atom stereocenters. The highest BCUT2D eigenvalue weighted by atomic mass is 16.6. The number of ether oxygens (including phenoxy) is 3. The van der Waals surface area contributed by atoms with Crippen molar-refractivity contribution in [3.8, 4) is 0 Å². The van der Waals surface area contributed by atoms with Crippen molar-refractivity contribution in [3.05, 3.63) is 0 Å². The summed E-state index contributed by atoms with van der Waals surface area (Å²) in [6.07, 6.45) is 81.5. The van der Waals surface area contributed by atoms with Gasteiger partial charge in [0, 0.05) is 19.3 Å². The molecule has 0 heterocycles. The minimum absolute atomic E-state index is 0.0602. The summed E-state index contributed by atoms with van der Waals surface area (Å²) in [7, 11) is 0. The van der Waals surface area contributed by atoms with Crippen LogP contribution < -0.4 is 0 Å². The lowest BCUT2D eigenvalue weighted by molar-refractivity contribution is -0.167. The van der Waals surface area contributed by atoms with E-state index in [0.29, 0.717) is 19.3 Å². The van der Waals surface area contributed by atoms with E-state index in [0.717, 1.165) is 57.8 Å². The van der Waals surface area contributed by atoms with E-state index in [4.69, 9.17) is 14.2 Å². The van der Waals surface area contributed by atoms with Crippen molar-refractivity contribution in [2.24, 2.45) is 0 Å². The third kappa shape index (κ3) is 67.1. The van der Waals surface area contributed by atoms with Gasteiger partial charge >= 0.3 is 17.9 Å². The van der Waals surface area contributed by atoms with Crippen LogP contribution in [0.3, 0.4) is 0 Å². The van der Waals surface area contributed by atoms with Crippen LogP contribution in [0.2, 0.25) is 0 Å². The Morgan fingerprint density at radius 3 is 0.506 bits per heavy atom. The van der Waals surface area contributed by atoms with E-state index in [2.05, 4.69) is 20.8 Å². The van der Waals surface area contributed by atoms with Crippen LogP contribution in [-0.2, 0) is 28.6 Å². The average molecular weight is 1120 g/mol. The summed E-state index contributed by atoms with van der Waals surface area (Å²) in [6.45, 7) is 6.74. The molecule has 0 saturated carbocycles. The van der Waals surface area contributed by atoms with Crippen LogP contribution in [0.25, 0.3) is 0 Å². The highest BCUT2D eigenvalue weighted by Crippen LogP contribution is 2.20. The Bertz CT molecular complexity index is 1190. The molecular weight excluding hydrogens is 973 g/mol. The van der Waals surface area contributed by atoms with Crippen LogP contribution in [0.1, 0.15) is 432 Å². The van der Waals surface area contributed by atoms with Gasteiger partial charge in [-0.2, -0.15) is 0 Å². The zero-order valence-corrected chi connectivity index (χ0v) is 54.2. The fourth-order valence-corrected chi connectivity index (χ4v) is 11.6. The first kappa shape index (κ1) is 77.4. The van der Waals surface area contributed by atoms with Crippen molar-refractivity contribution in [2.75, 3.05) is 13.2 Å². The first-order chi connectivity index (χ1) is 39.0. The Morgan fingerprint density at radius 1 is 0.203 bits per heavy atom. The van der Waals surface area contributed by atoms with Crippen LogP contribution in [0, 0.1) is 0 Å². The molecule has 0 bridgehead atoms. The molecule has 0 radical (unpaired) electrons. The first-order valence-electron chi connectivity index (χ1n) is 36.5. The molecule has 0 aromatic carbocycles. The van der Waals surface area contributed by atoms with Gasteiger partial charge in [-0.05, 0) is 19.3 Å². The van der Waals surface area contributed by atoms with Crippen molar-refractivity contribution < 1.29 is 28.6 Å². The van der Waals surface area contributed by atoms with Crippen LogP contribution in [-0.4, -0.2) is 37.2 Å². The molecule has 0 aromatic heterocycles. The van der Waals surface area contributed by atoms with Gasteiger partial charge in [0.25, 0.3) is 0 Å². The van der Waals surface area contributed by atoms with E-state index in [1.807, 2.05) is 0 Å². The van der Waals surface area contributed by atoms with Crippen molar-refractivity contribution in [2.45, 2.75) is 438 Å². The van der Waals surface area contributed by atoms with E-state index in [9.17, 15) is 14.4 Å². The second-order valence-electron chi connectivity index (χ2n) is 25.2. The fraction of sp³-hybridized carbons (Fsp3) is 0.959. The van der Waals surface area contributed by atoms with E-state index in [1.54, 1.807) is 0 Å². The van der Waals surface area contributed by atoms with E-state index in [1.165, 1.54) is 334 Å². The lowest BCUT2D eigenvalue weighted by Gasteiger charge is -2.18. The molecule has 1 unspecified atom stereocenters. The third-order valence-electron chi connectivity index (χ3n) is 17.1. The number of hydrogen-bond acceptors (Lipinski definition) is 6. The maximum absolute atomic E-state index is 12.9. The smallest absolute Gasteiger partial charge is 0.306 e. The highest BCUT2D eigenvalue weighted by molar-refractivity contribution is 5.71. The molecule has 0 N–H and O–H groups in total. The van der Waals surface area contributed by atoms with Gasteiger partial charge in [-0.3, -0.25) is 14.4 Å². The molecule has 6 heteroatoms. The third-order valence-corrected chi connectivity index (χ3v) is 17.1. The van der Waals surface area contributed by atoms with Gasteiger partial charge in [-0.1, -0.05) is 393 Å². The molecule has 79 heavy (non-hydrogen) atoms. The predicted molar refractivity (Wildman–Crippen MR) is 344 cm³/mol. The Labute approximate surface area is 495 Å². The molecule has 6 nitrogen and oxygen atoms in total. The molecule has 470 valence electrons. The van der Waals surface area contributed by atoms with Crippen LogP contribution in [0.5, 0.6) is 0 Å². The number of esters is 3. The minimum Gasteiger partial charge on any atom is -0.462 e. The van der Waals surface area contributed by atoms with Gasteiger partial charge < -0.3 is 14.2 Å². The maximum Gasteiger partial charge on any atom is 0.306 e. The molecule has 0 aromatic rings. The fourth-order valence-electron chi connectivity index (χ4n) is 11.6. The highest BCUT2D eigenvalue weighted by Gasteiger charge is 2.20. The van der Waals surface area contributed by atoms with Gasteiger partial charge in [0.15, 0.2) is 6.10 Å². The summed E-state index contributed by atoms with van der Waals surface area (Å²) in [5, 5.41) is 0. The van der Waals surface area contributed by atoms with Crippen molar-refractivity contribution in [1.82, 2.24) is 0 Å². The van der Waals surface area contributed by atoms with Gasteiger partial charge in [0.05, 0.1) is 0 Å². The molecule has 0 aliphatic carbocycles. The Hall–Kier alpha value is -1.59. The predicted octanol–water partition coefficient (Wildman–Crippen LogP) is 25.0. The molecular formula is C73H142O6. The van der Waals surface area contributed by atoms with Gasteiger partial charge in [-0.25, -0.2) is 0 Å². The van der Waals surface area contributed by atoms with Crippen LogP contribution in [0.4, 0.5) is 0 Å². The largest absolute Gasteiger partial charge is 0.462 e. The molecule has 0 rings (SSSR count). The number of carbonyl (C=O) groups excluding carboxylic acids is 3. The van der Waals surface area contributed by atoms with Crippen molar-refractivity contribution >= 4 is 17.9 Å². The van der Waals surface area contributed by atoms with E-state index < -0.39 is 6.10 Å². The first-order valence-corrected chi connectivity index (χ1v) is 36.5. The SMILES string of the molecule is CCCCCCCCCCCCCCCCCCCCCCCCCCCCCCCCC(=O)OCC(COC(=O)CCCCCCCCCCCCCCCC)OC(=O)CCCCCCCCCCCCCCCCCCC. The van der Waals surface area contributed by atoms with Crippen molar-refractivity contribution in [1.29, 1.82) is 0 Å². The quantitative estimate of drug-likeness (QED) is 0.0343. The van der Waals surface area contributed by atoms with Crippen LogP contribution >= 0.6 is 0 Å². The Kier molecular flexibility index (Phi) is 67.5. The van der Waals surface area contributed by atoms with Gasteiger partial charge in [0.2, 0.25) is 0 Å². The minimum atomic E-state index is -0.763. The summed E-state index contributed by atoms with van der Waals surface area (Å²) in [6, 6.07) is 0. The normalized spacial score (nSPS) is 11.9. The molecule has 0 amide bonds. The zero-order valence-electron chi connectivity index (χ0n) is 54.2. The monoisotopic (exact) mass is 1120 g/mol.